The fourth-order valence-electron chi connectivity index (χ4n) is 1.35. The van der Waals surface area contributed by atoms with Crippen LogP contribution in [0.15, 0.2) is 18.2 Å². The number of benzene rings is 1. The van der Waals surface area contributed by atoms with Crippen LogP contribution in [0.2, 0.25) is 10.0 Å². The van der Waals surface area contributed by atoms with Crippen molar-refractivity contribution in [3.63, 3.8) is 0 Å². The van der Waals surface area contributed by atoms with E-state index in [0.29, 0.717) is 22.5 Å². The molecule has 1 aromatic rings. The van der Waals surface area contributed by atoms with Gasteiger partial charge in [0.25, 0.3) is 0 Å². The molecule has 1 unspecified atom stereocenters. The molecular weight excluding hydrogens is 316 g/mol. The van der Waals surface area contributed by atoms with Gasteiger partial charge in [0, 0.05) is 16.6 Å². The van der Waals surface area contributed by atoms with Gasteiger partial charge < -0.3 is 11.1 Å². The summed E-state index contributed by atoms with van der Waals surface area (Å²) in [4.78, 5) is 11.4. The largest absolute Gasteiger partial charge is 0.415 e. The Kier molecular flexibility index (Phi) is 5.29. The fraction of sp³-hybridized carbons (Fsp3) is 0.417. The zero-order chi connectivity index (χ0) is 15.6. The van der Waals surface area contributed by atoms with Crippen LogP contribution < -0.4 is 11.1 Å². The van der Waals surface area contributed by atoms with Gasteiger partial charge in [-0.25, -0.2) is 0 Å². The minimum absolute atomic E-state index is 0.0109. The lowest BCUT2D eigenvalue weighted by atomic mass is 10.0. The van der Waals surface area contributed by atoms with Crippen molar-refractivity contribution in [2.24, 2.45) is 5.73 Å². The van der Waals surface area contributed by atoms with Crippen molar-refractivity contribution >= 4 is 29.1 Å². The van der Waals surface area contributed by atoms with Crippen LogP contribution in [-0.4, -0.2) is 24.2 Å². The van der Waals surface area contributed by atoms with Gasteiger partial charge in [-0.1, -0.05) is 29.3 Å². The van der Waals surface area contributed by atoms with E-state index in [0.717, 1.165) is 0 Å². The molecule has 8 heteroatoms. The molecule has 3 N–H and O–H groups in total. The van der Waals surface area contributed by atoms with Crippen molar-refractivity contribution in [2.45, 2.75) is 25.1 Å². The molecule has 0 aliphatic rings. The molecule has 1 rings (SSSR count). The maximum absolute atomic E-state index is 12.5. The standard InChI is InChI=1S/C12H13Cl2F3N2O/c1-11(18,12(15,16)17)10(20)19-5-4-7-2-3-8(13)6-9(7)14/h2-3,6H,4-5,18H2,1H3,(H,19,20). The predicted octanol–water partition coefficient (Wildman–Crippen LogP) is 2.93. The lowest BCUT2D eigenvalue weighted by Gasteiger charge is -2.26. The number of carbonyl (C=O) groups excluding carboxylic acids is 1. The monoisotopic (exact) mass is 328 g/mol. The molecule has 1 atom stereocenters. The number of nitrogens with two attached hydrogens (primary N) is 1. The number of hydrogen-bond acceptors (Lipinski definition) is 2. The Labute approximate surface area is 124 Å². The van der Waals surface area contributed by atoms with Gasteiger partial charge >= 0.3 is 6.18 Å². The van der Waals surface area contributed by atoms with Crippen LogP contribution in [0.25, 0.3) is 0 Å². The highest BCUT2D eigenvalue weighted by Crippen LogP contribution is 2.28. The topological polar surface area (TPSA) is 55.1 Å². The second kappa shape index (κ2) is 6.20. The fourth-order valence-corrected chi connectivity index (χ4v) is 1.85. The normalized spacial score (nSPS) is 14.8. The van der Waals surface area contributed by atoms with E-state index in [2.05, 4.69) is 5.32 Å². The van der Waals surface area contributed by atoms with Gasteiger partial charge in [0.15, 0.2) is 5.54 Å². The van der Waals surface area contributed by atoms with Crippen molar-refractivity contribution in [2.75, 3.05) is 6.54 Å². The molecule has 3 nitrogen and oxygen atoms in total. The average molecular weight is 329 g/mol. The van der Waals surface area contributed by atoms with E-state index in [1.54, 1.807) is 12.1 Å². The molecule has 112 valence electrons. The highest BCUT2D eigenvalue weighted by atomic mass is 35.5. The van der Waals surface area contributed by atoms with Crippen LogP contribution in [0, 0.1) is 0 Å². The quantitative estimate of drug-likeness (QED) is 0.892. The van der Waals surface area contributed by atoms with E-state index in [4.69, 9.17) is 28.9 Å². The molecule has 0 bridgehead atoms. The zero-order valence-electron chi connectivity index (χ0n) is 10.5. The van der Waals surface area contributed by atoms with E-state index in [-0.39, 0.29) is 13.0 Å². The number of nitrogens with one attached hydrogen (secondary N) is 1. The first-order valence-corrected chi connectivity index (χ1v) is 6.39. The van der Waals surface area contributed by atoms with Crippen molar-refractivity contribution in [1.82, 2.24) is 5.32 Å². The van der Waals surface area contributed by atoms with E-state index in [1.165, 1.54) is 6.07 Å². The van der Waals surface area contributed by atoms with Crippen molar-refractivity contribution < 1.29 is 18.0 Å². The first kappa shape index (κ1) is 17.1. The van der Waals surface area contributed by atoms with Crippen molar-refractivity contribution in [1.29, 1.82) is 0 Å². The Morgan fingerprint density at radius 1 is 1.35 bits per heavy atom. The molecule has 0 aromatic heterocycles. The number of amides is 1. The highest BCUT2D eigenvalue weighted by molar-refractivity contribution is 6.35. The first-order valence-electron chi connectivity index (χ1n) is 5.63. The summed E-state index contributed by atoms with van der Waals surface area (Å²) in [5, 5.41) is 2.98. The minimum atomic E-state index is -4.81. The second-order valence-corrected chi connectivity index (χ2v) is 5.29. The molecule has 0 spiro atoms. The zero-order valence-corrected chi connectivity index (χ0v) is 12.0. The van der Waals surface area contributed by atoms with Gasteiger partial charge in [-0.3, -0.25) is 4.79 Å². The molecular formula is C12H13Cl2F3N2O. The molecule has 0 saturated heterocycles. The summed E-state index contributed by atoms with van der Waals surface area (Å²) in [6.07, 6.45) is -4.54. The summed E-state index contributed by atoms with van der Waals surface area (Å²) in [5.41, 5.74) is 2.73. The van der Waals surface area contributed by atoms with Crippen LogP contribution in [0.3, 0.4) is 0 Å². The third-order valence-corrected chi connectivity index (χ3v) is 3.34. The summed E-state index contributed by atoms with van der Waals surface area (Å²) >= 11 is 11.6. The summed E-state index contributed by atoms with van der Waals surface area (Å²) < 4.78 is 37.6. The van der Waals surface area contributed by atoms with Crippen LogP contribution in [-0.2, 0) is 11.2 Å². The number of alkyl halides is 3. The lowest BCUT2D eigenvalue weighted by Crippen LogP contribution is -2.61. The number of halogens is 5. The summed E-state index contributed by atoms with van der Waals surface area (Å²) in [6, 6.07) is 4.76. The lowest BCUT2D eigenvalue weighted by molar-refractivity contribution is -0.187. The molecule has 0 aliphatic heterocycles. The van der Waals surface area contributed by atoms with Crippen LogP contribution in [0.1, 0.15) is 12.5 Å². The van der Waals surface area contributed by atoms with E-state index < -0.39 is 17.6 Å². The van der Waals surface area contributed by atoms with E-state index in [9.17, 15) is 18.0 Å². The summed E-state index contributed by atoms with van der Waals surface area (Å²) in [6.45, 7) is 0.612. The first-order chi connectivity index (χ1) is 9.05. The van der Waals surface area contributed by atoms with Crippen LogP contribution in [0.5, 0.6) is 0 Å². The van der Waals surface area contributed by atoms with E-state index >= 15 is 0 Å². The van der Waals surface area contributed by atoms with Crippen LogP contribution >= 0.6 is 23.2 Å². The summed E-state index contributed by atoms with van der Waals surface area (Å²) in [5.74, 6) is -1.28. The smallest absolute Gasteiger partial charge is 0.354 e. The molecule has 1 amide bonds. The Morgan fingerprint density at radius 3 is 2.45 bits per heavy atom. The minimum Gasteiger partial charge on any atom is -0.354 e. The molecule has 0 heterocycles. The molecule has 0 aliphatic carbocycles. The predicted molar refractivity (Wildman–Crippen MR) is 71.8 cm³/mol. The second-order valence-electron chi connectivity index (χ2n) is 4.44. The highest BCUT2D eigenvalue weighted by Gasteiger charge is 2.53. The maximum atomic E-state index is 12.5. The third-order valence-electron chi connectivity index (χ3n) is 2.76. The Hall–Kier alpha value is -0.980. The van der Waals surface area contributed by atoms with Gasteiger partial charge in [-0.15, -0.1) is 0 Å². The Balaban J connectivity index is 2.59. The van der Waals surface area contributed by atoms with Gasteiger partial charge in [0.1, 0.15) is 0 Å². The molecule has 0 saturated carbocycles. The Morgan fingerprint density at radius 2 is 1.95 bits per heavy atom. The van der Waals surface area contributed by atoms with Gasteiger partial charge in [-0.2, -0.15) is 13.2 Å². The van der Waals surface area contributed by atoms with Gasteiger partial charge in [0.05, 0.1) is 0 Å². The van der Waals surface area contributed by atoms with E-state index in [1.807, 2.05) is 0 Å². The Bertz CT molecular complexity index is 504. The molecule has 20 heavy (non-hydrogen) atoms. The van der Waals surface area contributed by atoms with Gasteiger partial charge in [0.2, 0.25) is 5.91 Å². The van der Waals surface area contributed by atoms with Crippen molar-refractivity contribution in [3.05, 3.63) is 33.8 Å². The molecule has 0 radical (unpaired) electrons. The third kappa shape index (κ3) is 4.01. The maximum Gasteiger partial charge on any atom is 0.415 e. The van der Waals surface area contributed by atoms with Crippen LogP contribution in [0.4, 0.5) is 13.2 Å². The molecule has 1 aromatic carbocycles. The SMILES string of the molecule is CC(N)(C(=O)NCCc1ccc(Cl)cc1Cl)C(F)(F)F. The van der Waals surface area contributed by atoms with Gasteiger partial charge in [-0.05, 0) is 31.0 Å². The van der Waals surface area contributed by atoms with Crippen molar-refractivity contribution in [3.8, 4) is 0 Å². The summed E-state index contributed by atoms with van der Waals surface area (Å²) in [7, 11) is 0. The number of hydrogen-bond donors (Lipinski definition) is 2. The average Bonchev–Trinajstić information content (AvgIpc) is 2.30. The number of rotatable bonds is 4. The molecule has 0 fully saturated rings. The number of carbonyl (C=O) groups is 1.